The maximum Gasteiger partial charge on any atom is 0.166 e. The topological polar surface area (TPSA) is 106 Å². The van der Waals surface area contributed by atoms with Crippen LogP contribution < -0.4 is 0 Å². The van der Waals surface area contributed by atoms with E-state index in [0.29, 0.717) is 22.5 Å². The summed E-state index contributed by atoms with van der Waals surface area (Å²) >= 11 is 0. The standard InChI is InChI=1S/C24H24N2O4/c1-24(2,3)17-10-11-18(25-13-15-6-4-8-20(27)22(15)29)19(12-17)26-14-16-7-5-9-21(28)23(16)30/h4-14,27-30H,1-3H3. The maximum absolute atomic E-state index is 10.0. The van der Waals surface area contributed by atoms with E-state index < -0.39 is 0 Å². The van der Waals surface area contributed by atoms with Gasteiger partial charge in [0.05, 0.1) is 11.4 Å². The Bertz CT molecular complexity index is 1130. The monoisotopic (exact) mass is 404 g/mol. The van der Waals surface area contributed by atoms with Gasteiger partial charge in [-0.05, 0) is 47.4 Å². The molecule has 0 heterocycles. The van der Waals surface area contributed by atoms with E-state index in [9.17, 15) is 20.4 Å². The van der Waals surface area contributed by atoms with E-state index in [-0.39, 0.29) is 28.4 Å². The van der Waals surface area contributed by atoms with Crippen LogP contribution in [0.3, 0.4) is 0 Å². The minimum absolute atomic E-state index is 0.108. The average Bonchev–Trinajstić information content (AvgIpc) is 2.70. The number of phenolic OH excluding ortho intramolecular Hbond substituents is 4. The SMILES string of the molecule is CC(C)(C)c1ccc(N=Cc2cccc(O)c2O)c(N=Cc2cccc(O)c2O)c1. The van der Waals surface area contributed by atoms with Crippen molar-refractivity contribution in [1.82, 2.24) is 0 Å². The van der Waals surface area contributed by atoms with E-state index in [4.69, 9.17) is 0 Å². The molecule has 3 aromatic rings. The molecule has 0 aromatic heterocycles. The molecule has 0 aliphatic heterocycles. The van der Waals surface area contributed by atoms with Crippen molar-refractivity contribution in [2.45, 2.75) is 26.2 Å². The molecule has 0 fully saturated rings. The van der Waals surface area contributed by atoms with Gasteiger partial charge in [-0.3, -0.25) is 9.98 Å². The Morgan fingerprint density at radius 3 is 1.67 bits per heavy atom. The summed E-state index contributed by atoms with van der Waals surface area (Å²) in [5.41, 5.74) is 2.78. The molecule has 0 spiro atoms. The first-order chi connectivity index (χ1) is 14.2. The van der Waals surface area contributed by atoms with Crippen LogP contribution in [0.15, 0.2) is 64.6 Å². The van der Waals surface area contributed by atoms with E-state index in [1.807, 2.05) is 18.2 Å². The molecule has 0 radical (unpaired) electrons. The number of para-hydroxylation sites is 2. The van der Waals surface area contributed by atoms with Gasteiger partial charge in [0.1, 0.15) is 0 Å². The number of benzene rings is 3. The predicted octanol–water partition coefficient (Wildman–Crippen LogP) is 5.31. The van der Waals surface area contributed by atoms with Crippen molar-refractivity contribution < 1.29 is 20.4 Å². The molecule has 6 nitrogen and oxygen atoms in total. The third kappa shape index (κ3) is 4.60. The van der Waals surface area contributed by atoms with Crippen molar-refractivity contribution >= 4 is 23.8 Å². The van der Waals surface area contributed by atoms with Crippen molar-refractivity contribution in [3.05, 3.63) is 71.3 Å². The molecule has 0 aliphatic rings. The third-order valence-electron chi connectivity index (χ3n) is 4.62. The summed E-state index contributed by atoms with van der Waals surface area (Å²) in [4.78, 5) is 8.92. The second kappa shape index (κ2) is 8.29. The number of phenols is 4. The van der Waals surface area contributed by atoms with Crippen LogP contribution in [0.4, 0.5) is 11.4 Å². The minimum atomic E-state index is -0.248. The Balaban J connectivity index is 2.04. The fraction of sp³-hybridized carbons (Fsp3) is 0.167. The van der Waals surface area contributed by atoms with Crippen LogP contribution >= 0.6 is 0 Å². The minimum Gasteiger partial charge on any atom is -0.504 e. The molecular formula is C24H24N2O4. The van der Waals surface area contributed by atoms with E-state index in [1.165, 1.54) is 24.6 Å². The van der Waals surface area contributed by atoms with Crippen LogP contribution in [0.5, 0.6) is 23.0 Å². The summed E-state index contributed by atoms with van der Waals surface area (Å²) in [5, 5.41) is 39.3. The second-order valence-corrected chi connectivity index (χ2v) is 7.90. The molecule has 0 atom stereocenters. The van der Waals surface area contributed by atoms with Gasteiger partial charge in [0.2, 0.25) is 0 Å². The smallest absolute Gasteiger partial charge is 0.166 e. The van der Waals surface area contributed by atoms with Crippen LogP contribution in [0, 0.1) is 0 Å². The number of aromatic hydroxyl groups is 4. The largest absolute Gasteiger partial charge is 0.504 e. The van der Waals surface area contributed by atoms with Gasteiger partial charge in [-0.2, -0.15) is 0 Å². The lowest BCUT2D eigenvalue weighted by atomic mass is 9.86. The number of hydrogen-bond acceptors (Lipinski definition) is 6. The van der Waals surface area contributed by atoms with Crippen LogP contribution in [-0.4, -0.2) is 32.9 Å². The van der Waals surface area contributed by atoms with Gasteiger partial charge in [-0.15, -0.1) is 0 Å². The summed E-state index contributed by atoms with van der Waals surface area (Å²) in [6.45, 7) is 6.26. The highest BCUT2D eigenvalue weighted by atomic mass is 16.3. The molecular weight excluding hydrogens is 380 g/mol. The Labute approximate surface area is 175 Å². The highest BCUT2D eigenvalue weighted by Crippen LogP contribution is 2.35. The first-order valence-corrected chi connectivity index (χ1v) is 9.41. The molecule has 4 N–H and O–H groups in total. The van der Waals surface area contributed by atoms with E-state index in [1.54, 1.807) is 24.3 Å². The molecule has 0 saturated carbocycles. The Hall–Kier alpha value is -3.80. The molecule has 30 heavy (non-hydrogen) atoms. The van der Waals surface area contributed by atoms with Gasteiger partial charge >= 0.3 is 0 Å². The quantitative estimate of drug-likeness (QED) is 0.349. The van der Waals surface area contributed by atoms with Crippen molar-refractivity contribution in [2.75, 3.05) is 0 Å². The second-order valence-electron chi connectivity index (χ2n) is 7.90. The first kappa shape index (κ1) is 20.9. The third-order valence-corrected chi connectivity index (χ3v) is 4.62. The first-order valence-electron chi connectivity index (χ1n) is 9.41. The molecule has 3 aromatic carbocycles. The lowest BCUT2D eigenvalue weighted by Crippen LogP contribution is -2.10. The van der Waals surface area contributed by atoms with Crippen molar-refractivity contribution in [3.8, 4) is 23.0 Å². The van der Waals surface area contributed by atoms with Gasteiger partial charge in [0, 0.05) is 23.6 Å². The molecule has 154 valence electrons. The Kier molecular flexibility index (Phi) is 5.78. The highest BCUT2D eigenvalue weighted by molar-refractivity contribution is 5.90. The molecule has 0 aliphatic carbocycles. The van der Waals surface area contributed by atoms with Crippen LogP contribution in [-0.2, 0) is 5.41 Å². The summed E-state index contributed by atoms with van der Waals surface area (Å²) in [7, 11) is 0. The normalized spacial score (nSPS) is 12.1. The number of hydrogen-bond donors (Lipinski definition) is 4. The lowest BCUT2D eigenvalue weighted by molar-refractivity contribution is 0.403. The van der Waals surface area contributed by atoms with Crippen LogP contribution in [0.2, 0.25) is 0 Å². The zero-order valence-corrected chi connectivity index (χ0v) is 17.0. The number of aliphatic imine (C=N–C) groups is 2. The van der Waals surface area contributed by atoms with Gasteiger partial charge in [-0.1, -0.05) is 39.0 Å². The molecule has 6 heteroatoms. The summed E-state index contributed by atoms with van der Waals surface area (Å²) in [5.74, 6) is -0.940. The lowest BCUT2D eigenvalue weighted by Gasteiger charge is -2.19. The molecule has 0 saturated heterocycles. The maximum atomic E-state index is 10.0. The summed E-state index contributed by atoms with van der Waals surface area (Å²) < 4.78 is 0. The fourth-order valence-electron chi connectivity index (χ4n) is 2.79. The van der Waals surface area contributed by atoms with E-state index >= 15 is 0 Å². The molecule has 0 bridgehead atoms. The molecule has 0 unspecified atom stereocenters. The van der Waals surface area contributed by atoms with Gasteiger partial charge in [-0.25, -0.2) is 0 Å². The molecule has 0 amide bonds. The molecule has 3 rings (SSSR count). The van der Waals surface area contributed by atoms with Gasteiger partial charge in [0.25, 0.3) is 0 Å². The zero-order chi connectivity index (χ0) is 21.9. The number of rotatable bonds is 4. The summed E-state index contributed by atoms with van der Waals surface area (Å²) in [6, 6.07) is 15.0. The van der Waals surface area contributed by atoms with Gasteiger partial charge < -0.3 is 20.4 Å². The van der Waals surface area contributed by atoms with Crippen molar-refractivity contribution in [1.29, 1.82) is 0 Å². The Morgan fingerprint density at radius 1 is 0.667 bits per heavy atom. The van der Waals surface area contributed by atoms with E-state index in [0.717, 1.165) is 5.56 Å². The Morgan fingerprint density at radius 2 is 1.17 bits per heavy atom. The number of nitrogens with zero attached hydrogens (tertiary/aromatic N) is 2. The van der Waals surface area contributed by atoms with Crippen molar-refractivity contribution in [3.63, 3.8) is 0 Å². The fourth-order valence-corrected chi connectivity index (χ4v) is 2.79. The predicted molar refractivity (Wildman–Crippen MR) is 119 cm³/mol. The van der Waals surface area contributed by atoms with Gasteiger partial charge in [0.15, 0.2) is 23.0 Å². The van der Waals surface area contributed by atoms with Crippen molar-refractivity contribution in [2.24, 2.45) is 9.98 Å². The zero-order valence-electron chi connectivity index (χ0n) is 17.0. The van der Waals surface area contributed by atoms with Crippen LogP contribution in [0.25, 0.3) is 0 Å². The summed E-state index contributed by atoms with van der Waals surface area (Å²) in [6.07, 6.45) is 2.91. The van der Waals surface area contributed by atoms with E-state index in [2.05, 4.69) is 30.8 Å². The van der Waals surface area contributed by atoms with Crippen LogP contribution in [0.1, 0.15) is 37.5 Å². The average molecular weight is 404 g/mol. The highest BCUT2D eigenvalue weighted by Gasteiger charge is 2.15.